The van der Waals surface area contributed by atoms with E-state index in [2.05, 4.69) is 19.1 Å². The van der Waals surface area contributed by atoms with Crippen LogP contribution < -0.4 is 5.11 Å². The number of carboxylic acid groups (broad SMARTS) is 3. The molecule has 192 valence electrons. The zero-order chi connectivity index (χ0) is 25.3. The molecule has 0 bridgehead atoms. The van der Waals surface area contributed by atoms with Crippen molar-refractivity contribution < 1.29 is 34.2 Å². The van der Waals surface area contributed by atoms with Crippen LogP contribution in [0.1, 0.15) is 111 Å². The number of nitrogens with zero attached hydrogens (tertiary/aromatic N) is 1. The van der Waals surface area contributed by atoms with Crippen LogP contribution in [0.3, 0.4) is 0 Å². The molecule has 0 amide bonds. The van der Waals surface area contributed by atoms with Gasteiger partial charge in [-0.2, -0.15) is 0 Å². The number of unbranched alkanes of at least 4 members (excludes halogenated alkanes) is 11. The molecule has 7 heteroatoms. The number of rotatable bonds is 21. The van der Waals surface area contributed by atoms with Crippen LogP contribution in [0.5, 0.6) is 0 Å². The van der Waals surface area contributed by atoms with Crippen molar-refractivity contribution in [3.8, 4) is 0 Å². The molecular weight excluding hydrogens is 422 g/mol. The fourth-order valence-electron chi connectivity index (χ4n) is 4.65. The summed E-state index contributed by atoms with van der Waals surface area (Å²) in [7, 11) is 0. The Labute approximate surface area is 200 Å². The Bertz CT molecular complexity index is 553. The van der Waals surface area contributed by atoms with Crippen LogP contribution in [0.15, 0.2) is 12.2 Å². The van der Waals surface area contributed by atoms with E-state index in [-0.39, 0.29) is 6.54 Å². The number of quaternary nitrogens is 1. The maximum absolute atomic E-state index is 11.7. The SMILES string of the molecule is CCCCCCCCCCC/C=C/CCCC[N+](C(C)C(=O)[O-])(C(C)C(=O)O)C(C)C(=O)O. The Kier molecular flexibility index (Phi) is 16.6. The number of carbonyl (C=O) groups excluding carboxylic acids is 1. The third-order valence-electron chi connectivity index (χ3n) is 7.03. The van der Waals surface area contributed by atoms with Crippen molar-refractivity contribution in [1.82, 2.24) is 0 Å². The zero-order valence-corrected chi connectivity index (χ0v) is 21.3. The standard InChI is InChI=1S/C26H47NO6/c1-5-6-7-8-9-10-11-12-13-14-15-16-17-18-19-20-27(21(2)24(28)29,22(3)25(30)31)23(4)26(32)33/h15-16,21-23H,5-14,17-20H2,1-4H3,(H2-,28,29,30,31,32,33)/b16-15+. The van der Waals surface area contributed by atoms with E-state index in [1.54, 1.807) is 0 Å². The minimum atomic E-state index is -1.43. The van der Waals surface area contributed by atoms with Crippen molar-refractivity contribution in [1.29, 1.82) is 0 Å². The van der Waals surface area contributed by atoms with E-state index >= 15 is 0 Å². The summed E-state index contributed by atoms with van der Waals surface area (Å²) < 4.78 is -0.560. The average molecular weight is 470 g/mol. The van der Waals surface area contributed by atoms with Crippen molar-refractivity contribution in [2.75, 3.05) is 6.54 Å². The van der Waals surface area contributed by atoms with Crippen LogP contribution in [-0.4, -0.2) is 57.3 Å². The second kappa shape index (κ2) is 17.6. The lowest BCUT2D eigenvalue weighted by Gasteiger charge is -2.49. The van der Waals surface area contributed by atoms with Crippen LogP contribution in [0.2, 0.25) is 0 Å². The van der Waals surface area contributed by atoms with E-state index < -0.39 is 40.5 Å². The number of hydrogen-bond acceptors (Lipinski definition) is 4. The quantitative estimate of drug-likeness (QED) is 0.145. The second-order valence-electron chi connectivity index (χ2n) is 9.33. The van der Waals surface area contributed by atoms with Crippen molar-refractivity contribution in [2.45, 2.75) is 129 Å². The van der Waals surface area contributed by atoms with Crippen molar-refractivity contribution in [2.24, 2.45) is 0 Å². The van der Waals surface area contributed by atoms with Gasteiger partial charge in [0.25, 0.3) is 0 Å². The summed E-state index contributed by atoms with van der Waals surface area (Å²) in [5.74, 6) is -3.86. The van der Waals surface area contributed by atoms with E-state index in [0.717, 1.165) is 19.3 Å². The van der Waals surface area contributed by atoms with Crippen LogP contribution in [-0.2, 0) is 14.4 Å². The molecular formula is C26H47NO6. The Balaban J connectivity index is 4.50. The molecule has 7 nitrogen and oxygen atoms in total. The second-order valence-corrected chi connectivity index (χ2v) is 9.33. The Hall–Kier alpha value is -1.89. The third kappa shape index (κ3) is 11.2. The lowest BCUT2D eigenvalue weighted by atomic mass is 10.0. The highest BCUT2D eigenvalue weighted by atomic mass is 16.4. The summed E-state index contributed by atoms with van der Waals surface area (Å²) >= 11 is 0. The topological polar surface area (TPSA) is 115 Å². The first-order chi connectivity index (χ1) is 15.6. The van der Waals surface area contributed by atoms with Crippen molar-refractivity contribution in [3.63, 3.8) is 0 Å². The van der Waals surface area contributed by atoms with Gasteiger partial charge in [-0.05, 0) is 52.9 Å². The molecule has 0 radical (unpaired) electrons. The molecule has 0 aromatic carbocycles. The van der Waals surface area contributed by atoms with Gasteiger partial charge in [0.05, 0.1) is 12.5 Å². The third-order valence-corrected chi connectivity index (χ3v) is 7.03. The van der Waals surface area contributed by atoms with Gasteiger partial charge in [0.15, 0.2) is 12.1 Å². The molecule has 0 saturated carbocycles. The summed E-state index contributed by atoms with van der Waals surface area (Å²) in [6.07, 6.45) is 19.1. The summed E-state index contributed by atoms with van der Waals surface area (Å²) in [6, 6.07) is -3.60. The molecule has 0 fully saturated rings. The predicted octanol–water partition coefficient (Wildman–Crippen LogP) is 4.54. The van der Waals surface area contributed by atoms with Gasteiger partial charge in [-0.1, -0.05) is 70.4 Å². The van der Waals surface area contributed by atoms with E-state index in [1.165, 1.54) is 78.6 Å². The molecule has 0 aliphatic heterocycles. The molecule has 0 spiro atoms. The number of carbonyl (C=O) groups is 3. The summed E-state index contributed by atoms with van der Waals surface area (Å²) in [4.78, 5) is 35.1. The summed E-state index contributed by atoms with van der Waals surface area (Å²) in [5.41, 5.74) is 0. The van der Waals surface area contributed by atoms with Crippen LogP contribution in [0.25, 0.3) is 0 Å². The van der Waals surface area contributed by atoms with E-state index in [1.807, 2.05) is 0 Å². The van der Waals surface area contributed by atoms with Crippen LogP contribution in [0.4, 0.5) is 0 Å². The Morgan fingerprint density at radius 1 is 0.697 bits per heavy atom. The van der Waals surface area contributed by atoms with Crippen molar-refractivity contribution in [3.05, 3.63) is 12.2 Å². The molecule has 2 N–H and O–H groups in total. The highest BCUT2D eigenvalue weighted by molar-refractivity contribution is 5.76. The fourth-order valence-corrected chi connectivity index (χ4v) is 4.65. The maximum Gasteiger partial charge on any atom is 0.362 e. The van der Waals surface area contributed by atoms with Crippen molar-refractivity contribution >= 4 is 17.9 Å². The van der Waals surface area contributed by atoms with Gasteiger partial charge in [0.2, 0.25) is 0 Å². The van der Waals surface area contributed by atoms with Gasteiger partial charge in [-0.15, -0.1) is 0 Å². The number of hydrogen-bond donors (Lipinski definition) is 2. The first-order valence-electron chi connectivity index (χ1n) is 12.8. The molecule has 0 aromatic heterocycles. The number of carboxylic acids is 3. The molecule has 0 aliphatic rings. The van der Waals surface area contributed by atoms with Gasteiger partial charge >= 0.3 is 11.9 Å². The normalized spacial score (nSPS) is 16.2. The molecule has 0 heterocycles. The lowest BCUT2D eigenvalue weighted by molar-refractivity contribution is -0.969. The minimum absolute atomic E-state index is 0.155. The Morgan fingerprint density at radius 3 is 1.48 bits per heavy atom. The van der Waals surface area contributed by atoms with Gasteiger partial charge in [0.1, 0.15) is 6.04 Å². The monoisotopic (exact) mass is 469 g/mol. The molecule has 3 atom stereocenters. The molecule has 0 aliphatic carbocycles. The van der Waals surface area contributed by atoms with E-state index in [0.29, 0.717) is 6.42 Å². The molecule has 33 heavy (non-hydrogen) atoms. The molecule has 3 unspecified atom stereocenters. The van der Waals surface area contributed by atoms with Gasteiger partial charge in [-0.25, -0.2) is 9.59 Å². The minimum Gasteiger partial charge on any atom is -0.544 e. The lowest BCUT2D eigenvalue weighted by Crippen LogP contribution is -2.72. The molecule has 0 aromatic rings. The smallest absolute Gasteiger partial charge is 0.362 e. The highest BCUT2D eigenvalue weighted by Crippen LogP contribution is 2.27. The summed E-state index contributed by atoms with van der Waals surface area (Å²) in [5, 5.41) is 30.8. The molecule has 0 rings (SSSR count). The van der Waals surface area contributed by atoms with Crippen LogP contribution in [0, 0.1) is 0 Å². The Morgan fingerprint density at radius 2 is 1.09 bits per heavy atom. The first-order valence-corrected chi connectivity index (χ1v) is 12.8. The highest BCUT2D eigenvalue weighted by Gasteiger charge is 2.50. The number of allylic oxidation sites excluding steroid dienone is 2. The summed E-state index contributed by atoms with van der Waals surface area (Å²) in [6.45, 7) is 6.50. The predicted molar refractivity (Wildman–Crippen MR) is 129 cm³/mol. The maximum atomic E-state index is 11.7. The van der Waals surface area contributed by atoms with Gasteiger partial charge in [0, 0.05) is 0 Å². The average Bonchev–Trinajstić information content (AvgIpc) is 2.77. The van der Waals surface area contributed by atoms with Crippen LogP contribution >= 0.6 is 0 Å². The fraction of sp³-hybridized carbons (Fsp3) is 0.808. The van der Waals surface area contributed by atoms with Gasteiger partial charge < -0.3 is 20.1 Å². The molecule has 0 saturated heterocycles. The van der Waals surface area contributed by atoms with E-state index in [4.69, 9.17) is 0 Å². The zero-order valence-electron chi connectivity index (χ0n) is 21.3. The largest absolute Gasteiger partial charge is 0.544 e. The van der Waals surface area contributed by atoms with Gasteiger partial charge in [-0.3, -0.25) is 4.48 Å². The first kappa shape index (κ1) is 31.1. The number of aliphatic carboxylic acids is 3. The van der Waals surface area contributed by atoms with E-state index in [9.17, 15) is 29.7 Å².